The maximum absolute atomic E-state index is 11.9. The largest absolute Gasteiger partial charge is 0.481 e. The SMILES string of the molecule is CCCCC(C(=O)O)C(=O)OC(=O)C(C)C(=O)OC(=O)C(CCCC)C(=O)O. The van der Waals surface area contributed by atoms with Crippen LogP contribution in [-0.2, 0) is 38.2 Å². The Hall–Kier alpha value is -2.78. The van der Waals surface area contributed by atoms with Gasteiger partial charge in [0.1, 0.15) is 0 Å². The standard InChI is InChI=1S/C18H26O10/c1-4-6-8-11(13(19)20)17(25)27-15(23)10(3)16(24)28-18(26)12(14(21)22)9-7-5-2/h10-12H,4-9H2,1-3H3,(H,19,20)(H,21,22). The molecule has 0 aliphatic carbocycles. The Morgan fingerprint density at radius 1 is 0.679 bits per heavy atom. The van der Waals surface area contributed by atoms with Crippen LogP contribution in [0.2, 0.25) is 0 Å². The first-order valence-electron chi connectivity index (χ1n) is 9.03. The number of hydrogen-bond acceptors (Lipinski definition) is 8. The fourth-order valence-corrected chi connectivity index (χ4v) is 2.11. The summed E-state index contributed by atoms with van der Waals surface area (Å²) >= 11 is 0. The van der Waals surface area contributed by atoms with Gasteiger partial charge in [0.15, 0.2) is 17.8 Å². The maximum atomic E-state index is 11.9. The summed E-state index contributed by atoms with van der Waals surface area (Å²) in [5.41, 5.74) is 0. The molecule has 0 aromatic heterocycles. The zero-order valence-electron chi connectivity index (χ0n) is 16.1. The van der Waals surface area contributed by atoms with Crippen LogP contribution in [0.1, 0.15) is 59.3 Å². The van der Waals surface area contributed by atoms with Gasteiger partial charge in [0.05, 0.1) is 0 Å². The minimum Gasteiger partial charge on any atom is -0.481 e. The normalized spacial score (nSPS) is 13.7. The average Bonchev–Trinajstić information content (AvgIpc) is 2.60. The number of esters is 4. The quantitative estimate of drug-likeness (QED) is 0.362. The van der Waals surface area contributed by atoms with E-state index in [2.05, 4.69) is 9.47 Å². The number of carboxylic acids is 2. The van der Waals surface area contributed by atoms with Crippen LogP contribution in [0.3, 0.4) is 0 Å². The topological polar surface area (TPSA) is 161 Å². The molecule has 2 unspecified atom stereocenters. The van der Waals surface area contributed by atoms with Crippen molar-refractivity contribution in [2.75, 3.05) is 0 Å². The molecule has 158 valence electrons. The molecule has 2 atom stereocenters. The average molecular weight is 402 g/mol. The summed E-state index contributed by atoms with van der Waals surface area (Å²) in [5.74, 6) is -13.1. The van der Waals surface area contributed by atoms with Crippen molar-refractivity contribution in [2.45, 2.75) is 59.3 Å². The Bertz CT molecular complexity index is 557. The van der Waals surface area contributed by atoms with Crippen molar-refractivity contribution >= 4 is 35.8 Å². The third-order valence-electron chi connectivity index (χ3n) is 3.97. The zero-order valence-corrected chi connectivity index (χ0v) is 16.1. The van der Waals surface area contributed by atoms with Crippen LogP contribution < -0.4 is 0 Å². The highest BCUT2D eigenvalue weighted by atomic mass is 16.6. The lowest BCUT2D eigenvalue weighted by atomic mass is 10.0. The van der Waals surface area contributed by atoms with Crippen molar-refractivity contribution in [1.29, 1.82) is 0 Å². The summed E-state index contributed by atoms with van der Waals surface area (Å²) in [7, 11) is 0. The summed E-state index contributed by atoms with van der Waals surface area (Å²) in [5, 5.41) is 18.1. The Morgan fingerprint density at radius 2 is 1.00 bits per heavy atom. The molecule has 0 rings (SSSR count). The van der Waals surface area contributed by atoms with Crippen LogP contribution in [0, 0.1) is 17.8 Å². The van der Waals surface area contributed by atoms with E-state index in [1.807, 2.05) is 0 Å². The monoisotopic (exact) mass is 402 g/mol. The molecule has 0 spiro atoms. The van der Waals surface area contributed by atoms with Crippen molar-refractivity contribution in [1.82, 2.24) is 0 Å². The first-order valence-corrected chi connectivity index (χ1v) is 9.03. The van der Waals surface area contributed by atoms with Gasteiger partial charge in [-0.1, -0.05) is 39.5 Å². The van der Waals surface area contributed by atoms with Crippen molar-refractivity contribution < 1.29 is 48.5 Å². The first kappa shape index (κ1) is 25.2. The minimum absolute atomic E-state index is 0.0347. The van der Waals surface area contributed by atoms with Crippen LogP contribution in [0.4, 0.5) is 0 Å². The molecular formula is C18H26O10. The van der Waals surface area contributed by atoms with Gasteiger partial charge in [-0.25, -0.2) is 0 Å². The van der Waals surface area contributed by atoms with Crippen LogP contribution in [-0.4, -0.2) is 46.0 Å². The van der Waals surface area contributed by atoms with E-state index in [-0.39, 0.29) is 12.8 Å². The van der Waals surface area contributed by atoms with E-state index < -0.39 is 53.6 Å². The molecule has 0 amide bonds. The molecule has 28 heavy (non-hydrogen) atoms. The van der Waals surface area contributed by atoms with E-state index >= 15 is 0 Å². The van der Waals surface area contributed by atoms with E-state index in [0.717, 1.165) is 6.92 Å². The van der Waals surface area contributed by atoms with Crippen LogP contribution >= 0.6 is 0 Å². The van der Waals surface area contributed by atoms with E-state index in [4.69, 9.17) is 10.2 Å². The molecular weight excluding hydrogens is 376 g/mol. The molecule has 0 heterocycles. The van der Waals surface area contributed by atoms with Gasteiger partial charge >= 0.3 is 35.8 Å². The third-order valence-corrected chi connectivity index (χ3v) is 3.97. The van der Waals surface area contributed by atoms with Crippen molar-refractivity contribution in [3.63, 3.8) is 0 Å². The molecule has 0 aromatic carbocycles. The second kappa shape index (κ2) is 12.6. The predicted octanol–water partition coefficient (Wildman–Crippen LogP) is 1.54. The Labute approximate surface area is 162 Å². The first-order chi connectivity index (χ1) is 13.1. The number of unbranched alkanes of at least 4 members (excludes halogenated alkanes) is 2. The Kier molecular flexibility index (Phi) is 11.3. The summed E-state index contributed by atoms with van der Waals surface area (Å²) in [6, 6.07) is 0. The third kappa shape index (κ3) is 8.28. The van der Waals surface area contributed by atoms with Crippen molar-refractivity contribution in [2.24, 2.45) is 17.8 Å². The Morgan fingerprint density at radius 3 is 1.25 bits per heavy atom. The summed E-state index contributed by atoms with van der Waals surface area (Å²) < 4.78 is 8.84. The smallest absolute Gasteiger partial charge is 0.327 e. The molecule has 10 nitrogen and oxygen atoms in total. The minimum atomic E-state index is -1.71. The number of hydrogen-bond donors (Lipinski definition) is 2. The van der Waals surface area contributed by atoms with E-state index in [0.29, 0.717) is 25.7 Å². The lowest BCUT2D eigenvalue weighted by Crippen LogP contribution is -2.35. The highest BCUT2D eigenvalue weighted by Gasteiger charge is 2.36. The predicted molar refractivity (Wildman–Crippen MR) is 92.7 cm³/mol. The number of rotatable bonds is 12. The van der Waals surface area contributed by atoms with E-state index in [1.54, 1.807) is 13.8 Å². The van der Waals surface area contributed by atoms with Gasteiger partial charge in [-0.15, -0.1) is 0 Å². The molecule has 0 aliphatic rings. The number of carboxylic acid groups (broad SMARTS) is 2. The highest BCUT2D eigenvalue weighted by molar-refractivity contribution is 6.06. The van der Waals surface area contributed by atoms with Gasteiger partial charge in [-0.3, -0.25) is 28.8 Å². The van der Waals surface area contributed by atoms with Gasteiger partial charge < -0.3 is 19.7 Å². The number of aliphatic carboxylic acids is 2. The van der Waals surface area contributed by atoms with Gasteiger partial charge in [-0.2, -0.15) is 0 Å². The van der Waals surface area contributed by atoms with Crippen molar-refractivity contribution in [3.05, 3.63) is 0 Å². The highest BCUT2D eigenvalue weighted by Crippen LogP contribution is 2.15. The summed E-state index contributed by atoms with van der Waals surface area (Å²) in [6.45, 7) is 4.57. The fraction of sp³-hybridized carbons (Fsp3) is 0.667. The molecule has 0 aliphatic heterocycles. The van der Waals surface area contributed by atoms with Gasteiger partial charge in [0.25, 0.3) is 0 Å². The van der Waals surface area contributed by atoms with Crippen molar-refractivity contribution in [3.8, 4) is 0 Å². The zero-order chi connectivity index (χ0) is 21.9. The van der Waals surface area contributed by atoms with E-state index in [9.17, 15) is 28.8 Å². The lowest BCUT2D eigenvalue weighted by molar-refractivity contribution is -0.174. The number of ether oxygens (including phenoxy) is 2. The van der Waals surface area contributed by atoms with E-state index in [1.165, 1.54) is 0 Å². The van der Waals surface area contributed by atoms with Crippen LogP contribution in [0.5, 0.6) is 0 Å². The molecule has 2 N–H and O–H groups in total. The molecule has 0 aromatic rings. The molecule has 0 saturated carbocycles. The molecule has 0 saturated heterocycles. The molecule has 10 heteroatoms. The summed E-state index contributed by atoms with van der Waals surface area (Å²) in [4.78, 5) is 69.7. The molecule has 0 bridgehead atoms. The van der Waals surface area contributed by atoms with Crippen LogP contribution in [0.15, 0.2) is 0 Å². The Balaban J connectivity index is 4.90. The maximum Gasteiger partial charge on any atom is 0.327 e. The summed E-state index contributed by atoms with van der Waals surface area (Å²) in [6.07, 6.45) is 2.01. The number of carbonyl (C=O) groups excluding carboxylic acids is 4. The second-order valence-corrected chi connectivity index (χ2v) is 6.27. The molecule has 0 radical (unpaired) electrons. The molecule has 0 fully saturated rings. The van der Waals surface area contributed by atoms with Crippen LogP contribution in [0.25, 0.3) is 0 Å². The fourth-order valence-electron chi connectivity index (χ4n) is 2.11. The van der Waals surface area contributed by atoms with Gasteiger partial charge in [-0.05, 0) is 19.8 Å². The van der Waals surface area contributed by atoms with Gasteiger partial charge in [0.2, 0.25) is 0 Å². The van der Waals surface area contributed by atoms with Gasteiger partial charge in [0, 0.05) is 0 Å². The number of carbonyl (C=O) groups is 6. The second-order valence-electron chi connectivity index (χ2n) is 6.27. The lowest BCUT2D eigenvalue weighted by Gasteiger charge is -2.14.